The van der Waals surface area contributed by atoms with Crippen LogP contribution >= 0.6 is 11.8 Å². The number of thioether (sulfide) groups is 1. The van der Waals surface area contributed by atoms with Gasteiger partial charge < -0.3 is 25.3 Å². The first-order valence-electron chi connectivity index (χ1n) is 14.6. The third-order valence-corrected chi connectivity index (χ3v) is 7.58. The first-order valence-corrected chi connectivity index (χ1v) is 15.4. The molecule has 0 unspecified atom stereocenters. The maximum atomic E-state index is 11.7. The van der Waals surface area contributed by atoms with Gasteiger partial charge in [0.15, 0.2) is 0 Å². The summed E-state index contributed by atoms with van der Waals surface area (Å²) < 4.78 is 0. The van der Waals surface area contributed by atoms with Crippen molar-refractivity contribution in [2.24, 2.45) is 0 Å². The SMILES string of the molecule is N#CSc1ccc(CCN(CCN(CC(=O)O)Cc2cccc(CC(=O)O)n2)CCN(CC(=O)O)Cc2cccc(C(=O)O)n2)cc1. The second-order valence-corrected chi connectivity index (χ2v) is 11.5. The highest BCUT2D eigenvalue weighted by Crippen LogP contribution is 2.17. The summed E-state index contributed by atoms with van der Waals surface area (Å²) >= 11 is 1.06. The summed E-state index contributed by atoms with van der Waals surface area (Å²) in [5, 5.41) is 48.5. The molecular weight excluding hydrogens is 628 g/mol. The van der Waals surface area contributed by atoms with Gasteiger partial charge in [0, 0.05) is 50.7 Å². The maximum Gasteiger partial charge on any atom is 0.354 e. The fourth-order valence-electron chi connectivity index (χ4n) is 4.79. The Morgan fingerprint density at radius 3 is 1.72 bits per heavy atom. The van der Waals surface area contributed by atoms with Crippen molar-refractivity contribution in [2.75, 3.05) is 45.8 Å². The van der Waals surface area contributed by atoms with Crippen LogP contribution in [0.15, 0.2) is 65.6 Å². The van der Waals surface area contributed by atoms with Crippen LogP contribution in [0.25, 0.3) is 0 Å². The number of rotatable bonds is 21. The lowest BCUT2D eigenvalue weighted by Crippen LogP contribution is -2.42. The number of carboxylic acids is 4. The highest BCUT2D eigenvalue weighted by Gasteiger charge is 2.18. The van der Waals surface area contributed by atoms with Crippen LogP contribution in [0.1, 0.15) is 33.1 Å². The average molecular weight is 665 g/mol. The van der Waals surface area contributed by atoms with E-state index >= 15 is 0 Å². The lowest BCUT2D eigenvalue weighted by molar-refractivity contribution is -0.139. The van der Waals surface area contributed by atoms with Gasteiger partial charge in [-0.25, -0.2) is 9.78 Å². The molecule has 0 spiro atoms. The third kappa shape index (κ3) is 14.0. The first-order chi connectivity index (χ1) is 22.5. The van der Waals surface area contributed by atoms with Crippen molar-refractivity contribution in [3.63, 3.8) is 0 Å². The van der Waals surface area contributed by atoms with Crippen molar-refractivity contribution < 1.29 is 39.6 Å². The van der Waals surface area contributed by atoms with Gasteiger partial charge in [-0.1, -0.05) is 24.3 Å². The van der Waals surface area contributed by atoms with Gasteiger partial charge >= 0.3 is 23.9 Å². The van der Waals surface area contributed by atoms with Gasteiger partial charge in [-0.2, -0.15) is 5.26 Å². The molecule has 3 rings (SSSR count). The molecule has 0 amide bonds. The molecule has 47 heavy (non-hydrogen) atoms. The molecule has 0 radical (unpaired) electrons. The largest absolute Gasteiger partial charge is 0.481 e. The fraction of sp³-hybridized carbons (Fsp3) is 0.344. The van der Waals surface area contributed by atoms with Gasteiger partial charge in [0.1, 0.15) is 11.1 Å². The van der Waals surface area contributed by atoms with E-state index in [0.717, 1.165) is 22.2 Å². The Kier molecular flexibility index (Phi) is 14.7. The molecule has 2 heterocycles. The molecule has 248 valence electrons. The standard InChI is InChI=1S/C32H36N6O8S/c33-22-47-27-9-7-23(8-10-27)11-12-36(14-16-38(21-31(43)44)19-26-5-2-6-28(35-26)32(45)46)13-15-37(20-30(41)42)18-25-4-1-3-24(34-25)17-29(39)40/h1-10H,11-21H2,(H,39,40)(H,41,42)(H,43,44)(H,45,46). The highest BCUT2D eigenvalue weighted by molar-refractivity contribution is 8.03. The van der Waals surface area contributed by atoms with Crippen molar-refractivity contribution in [1.82, 2.24) is 24.7 Å². The van der Waals surface area contributed by atoms with Crippen molar-refractivity contribution in [3.8, 4) is 5.40 Å². The van der Waals surface area contributed by atoms with Gasteiger partial charge in [0.2, 0.25) is 0 Å². The molecule has 0 aliphatic heterocycles. The monoisotopic (exact) mass is 664 g/mol. The summed E-state index contributed by atoms with van der Waals surface area (Å²) in [6.07, 6.45) is 0.385. The van der Waals surface area contributed by atoms with Crippen LogP contribution in [-0.2, 0) is 40.3 Å². The average Bonchev–Trinajstić information content (AvgIpc) is 3.00. The number of aliphatic carboxylic acids is 3. The number of hydrogen-bond donors (Lipinski definition) is 4. The lowest BCUT2D eigenvalue weighted by atomic mass is 10.1. The Morgan fingerprint density at radius 2 is 1.19 bits per heavy atom. The van der Waals surface area contributed by atoms with Crippen molar-refractivity contribution in [3.05, 3.63) is 89.0 Å². The van der Waals surface area contributed by atoms with Crippen molar-refractivity contribution in [1.29, 1.82) is 5.26 Å². The number of carboxylic acid groups (broad SMARTS) is 4. The van der Waals surface area contributed by atoms with Crippen LogP contribution in [-0.4, -0.2) is 115 Å². The highest BCUT2D eigenvalue weighted by atomic mass is 32.2. The predicted octanol–water partition coefficient (Wildman–Crippen LogP) is 2.39. The van der Waals surface area contributed by atoms with Crippen LogP contribution in [0.4, 0.5) is 0 Å². The van der Waals surface area contributed by atoms with Crippen molar-refractivity contribution in [2.45, 2.75) is 30.8 Å². The topological polar surface area (TPSA) is 208 Å². The van der Waals surface area contributed by atoms with Gasteiger partial charge in [-0.15, -0.1) is 0 Å². The maximum absolute atomic E-state index is 11.7. The molecule has 1 aromatic carbocycles. The van der Waals surface area contributed by atoms with E-state index in [0.29, 0.717) is 56.2 Å². The van der Waals surface area contributed by atoms with E-state index in [1.165, 1.54) is 6.07 Å². The summed E-state index contributed by atoms with van der Waals surface area (Å²) in [7, 11) is 0. The number of nitriles is 1. The third-order valence-electron chi connectivity index (χ3n) is 6.98. The second kappa shape index (κ2) is 18.9. The van der Waals surface area contributed by atoms with Gasteiger partial charge in [-0.05, 0) is 60.1 Å². The van der Waals surface area contributed by atoms with E-state index in [-0.39, 0.29) is 38.3 Å². The van der Waals surface area contributed by atoms with E-state index in [2.05, 4.69) is 14.9 Å². The Bertz CT molecular complexity index is 1570. The number of benzene rings is 1. The molecule has 0 bridgehead atoms. The molecule has 14 nitrogen and oxygen atoms in total. The molecule has 4 N–H and O–H groups in total. The molecule has 3 aromatic rings. The van der Waals surface area contributed by atoms with Crippen LogP contribution in [0, 0.1) is 10.7 Å². The summed E-state index contributed by atoms with van der Waals surface area (Å²) in [5.41, 5.74) is 2.21. The van der Waals surface area contributed by atoms with Crippen LogP contribution in [0.2, 0.25) is 0 Å². The number of nitrogens with zero attached hydrogens (tertiary/aromatic N) is 6. The number of aromatic carboxylic acids is 1. The van der Waals surface area contributed by atoms with Crippen LogP contribution in [0.3, 0.4) is 0 Å². The second-order valence-electron chi connectivity index (χ2n) is 10.6. The van der Waals surface area contributed by atoms with Gasteiger partial charge in [-0.3, -0.25) is 29.2 Å². The molecule has 0 fully saturated rings. The van der Waals surface area contributed by atoms with E-state index < -0.39 is 23.9 Å². The minimum absolute atomic E-state index is 0.114. The number of pyridine rings is 2. The number of aromatic nitrogens is 2. The quantitative estimate of drug-likeness (QED) is 0.0952. The molecular formula is C32H36N6O8S. The van der Waals surface area contributed by atoms with E-state index in [1.807, 2.05) is 29.7 Å². The van der Waals surface area contributed by atoms with E-state index in [1.54, 1.807) is 40.1 Å². The van der Waals surface area contributed by atoms with E-state index in [9.17, 15) is 34.5 Å². The van der Waals surface area contributed by atoms with Crippen LogP contribution < -0.4 is 0 Å². The molecule has 0 aliphatic carbocycles. The molecule has 0 aliphatic rings. The Morgan fingerprint density at radius 1 is 0.660 bits per heavy atom. The predicted molar refractivity (Wildman–Crippen MR) is 171 cm³/mol. The minimum Gasteiger partial charge on any atom is -0.481 e. The normalized spacial score (nSPS) is 11.1. The van der Waals surface area contributed by atoms with Crippen molar-refractivity contribution >= 4 is 35.6 Å². The summed E-state index contributed by atoms with van der Waals surface area (Å²) in [6.45, 7) is 1.77. The van der Waals surface area contributed by atoms with Crippen LogP contribution in [0.5, 0.6) is 0 Å². The lowest BCUT2D eigenvalue weighted by Gasteiger charge is -2.29. The zero-order chi connectivity index (χ0) is 34.2. The number of carbonyl (C=O) groups is 4. The zero-order valence-electron chi connectivity index (χ0n) is 25.6. The Balaban J connectivity index is 1.75. The Hall–Kier alpha value is -4.88. The molecule has 0 atom stereocenters. The molecule has 0 saturated carbocycles. The van der Waals surface area contributed by atoms with E-state index in [4.69, 9.17) is 10.4 Å². The number of thiocyanates is 1. The molecule has 0 saturated heterocycles. The smallest absolute Gasteiger partial charge is 0.354 e. The zero-order valence-corrected chi connectivity index (χ0v) is 26.4. The molecule has 15 heteroatoms. The van der Waals surface area contributed by atoms with Gasteiger partial charge in [0.05, 0.1) is 36.6 Å². The fourth-order valence-corrected chi connectivity index (χ4v) is 5.17. The molecule has 2 aromatic heterocycles. The van der Waals surface area contributed by atoms with Gasteiger partial charge in [0.25, 0.3) is 0 Å². The minimum atomic E-state index is -1.18. The summed E-state index contributed by atoms with van der Waals surface area (Å²) in [4.78, 5) is 60.7. The Labute approximate surface area is 275 Å². The first kappa shape index (κ1) is 36.6. The summed E-state index contributed by atoms with van der Waals surface area (Å²) in [5.74, 6) is -4.28. The number of hydrogen-bond acceptors (Lipinski definition) is 11. The summed E-state index contributed by atoms with van der Waals surface area (Å²) in [6, 6.07) is 17.1.